The first kappa shape index (κ1) is 10.0. The van der Waals surface area contributed by atoms with Gasteiger partial charge in [-0.3, -0.25) is 0 Å². The molecule has 2 rings (SSSR count). The summed E-state index contributed by atoms with van der Waals surface area (Å²) in [4.78, 5) is 0. The van der Waals surface area contributed by atoms with Gasteiger partial charge in [0.25, 0.3) is 0 Å². The van der Waals surface area contributed by atoms with Crippen molar-refractivity contribution in [3.63, 3.8) is 0 Å². The maximum Gasteiger partial charge on any atom is 0.00388 e. The number of hydrogen-bond donors (Lipinski definition) is 1. The molecule has 1 nitrogen and oxygen atoms in total. The molecule has 0 saturated heterocycles. The molecule has 0 radical (unpaired) electrons. The van der Waals surface area contributed by atoms with E-state index < -0.39 is 0 Å². The molecule has 2 fully saturated rings. The van der Waals surface area contributed by atoms with Gasteiger partial charge in [0.05, 0.1) is 0 Å². The highest BCUT2D eigenvalue weighted by Crippen LogP contribution is 2.15. The summed E-state index contributed by atoms with van der Waals surface area (Å²) in [5, 5.41) is 0. The third kappa shape index (κ3) is 4.76. The lowest BCUT2D eigenvalue weighted by atomic mass is 9.97. The van der Waals surface area contributed by atoms with E-state index in [-0.39, 0.29) is 0 Å². The lowest BCUT2D eigenvalue weighted by molar-refractivity contribution is 0.441. The van der Waals surface area contributed by atoms with Crippen molar-refractivity contribution in [2.75, 3.05) is 0 Å². The molecular formula is C11H23N. The molecular weight excluding hydrogens is 146 g/mol. The summed E-state index contributed by atoms with van der Waals surface area (Å²) in [6.07, 6.45) is 14.2. The average Bonchev–Trinajstić information content (AvgIpc) is 2.62. The highest BCUT2D eigenvalue weighted by atomic mass is 14.6. The molecule has 0 aromatic rings. The molecule has 0 unspecified atom stereocenters. The SMILES string of the molecule is C1CCCC1.NC1CCCCC1. The van der Waals surface area contributed by atoms with E-state index in [0.717, 1.165) is 0 Å². The van der Waals surface area contributed by atoms with E-state index in [9.17, 15) is 0 Å². The minimum Gasteiger partial charge on any atom is -0.328 e. The Morgan fingerprint density at radius 3 is 1.17 bits per heavy atom. The van der Waals surface area contributed by atoms with Crippen LogP contribution in [0.4, 0.5) is 0 Å². The van der Waals surface area contributed by atoms with Gasteiger partial charge in [-0.15, -0.1) is 0 Å². The van der Waals surface area contributed by atoms with Crippen molar-refractivity contribution in [1.29, 1.82) is 0 Å². The maximum atomic E-state index is 5.63. The van der Waals surface area contributed by atoms with E-state index >= 15 is 0 Å². The van der Waals surface area contributed by atoms with E-state index in [0.29, 0.717) is 6.04 Å². The van der Waals surface area contributed by atoms with Crippen LogP contribution < -0.4 is 5.73 Å². The standard InChI is InChI=1S/C6H13N.C5H10/c7-6-4-2-1-3-5-6;1-2-4-5-3-1/h6H,1-5,7H2;1-5H2. The molecule has 0 heterocycles. The normalized spacial score (nSPS) is 24.8. The number of rotatable bonds is 0. The molecule has 0 amide bonds. The summed E-state index contributed by atoms with van der Waals surface area (Å²) >= 11 is 0. The van der Waals surface area contributed by atoms with Crippen LogP contribution in [0.1, 0.15) is 64.2 Å². The van der Waals surface area contributed by atoms with Gasteiger partial charge in [-0.1, -0.05) is 51.4 Å². The Bertz CT molecular complexity index is 83.6. The highest BCUT2D eigenvalue weighted by molar-refractivity contribution is 4.66. The third-order valence-electron chi connectivity index (χ3n) is 2.90. The molecule has 2 aliphatic rings. The van der Waals surface area contributed by atoms with Gasteiger partial charge in [0.15, 0.2) is 0 Å². The van der Waals surface area contributed by atoms with Gasteiger partial charge in [0.2, 0.25) is 0 Å². The van der Waals surface area contributed by atoms with Gasteiger partial charge >= 0.3 is 0 Å². The predicted molar refractivity (Wildman–Crippen MR) is 54.1 cm³/mol. The molecule has 0 aliphatic heterocycles. The fourth-order valence-electron chi connectivity index (χ4n) is 2.02. The van der Waals surface area contributed by atoms with Gasteiger partial charge in [0, 0.05) is 6.04 Å². The maximum absolute atomic E-state index is 5.63. The van der Waals surface area contributed by atoms with Crippen molar-refractivity contribution in [3.8, 4) is 0 Å². The van der Waals surface area contributed by atoms with E-state index in [1.165, 1.54) is 64.2 Å². The Kier molecular flexibility index (Phi) is 5.42. The first-order valence-electron chi connectivity index (χ1n) is 5.65. The molecule has 72 valence electrons. The predicted octanol–water partition coefficient (Wildman–Crippen LogP) is 3.23. The van der Waals surface area contributed by atoms with E-state index in [1.807, 2.05) is 0 Å². The van der Waals surface area contributed by atoms with E-state index in [4.69, 9.17) is 5.73 Å². The molecule has 2 N–H and O–H groups in total. The van der Waals surface area contributed by atoms with Crippen LogP contribution in [0, 0.1) is 0 Å². The average molecular weight is 169 g/mol. The lowest BCUT2D eigenvalue weighted by Gasteiger charge is -2.15. The molecule has 0 aromatic heterocycles. The summed E-state index contributed by atoms with van der Waals surface area (Å²) in [5.41, 5.74) is 5.63. The Morgan fingerprint density at radius 1 is 0.583 bits per heavy atom. The summed E-state index contributed by atoms with van der Waals surface area (Å²) in [7, 11) is 0. The summed E-state index contributed by atoms with van der Waals surface area (Å²) in [5.74, 6) is 0. The Balaban J connectivity index is 0.000000127. The van der Waals surface area contributed by atoms with Crippen LogP contribution in [-0.4, -0.2) is 6.04 Å². The van der Waals surface area contributed by atoms with Crippen LogP contribution in [0.3, 0.4) is 0 Å². The minimum absolute atomic E-state index is 0.536. The molecule has 0 bridgehead atoms. The van der Waals surface area contributed by atoms with Crippen molar-refractivity contribution in [2.24, 2.45) is 5.73 Å². The summed E-state index contributed by atoms with van der Waals surface area (Å²) in [6, 6.07) is 0.536. The fraction of sp³-hybridized carbons (Fsp3) is 1.00. The van der Waals surface area contributed by atoms with Gasteiger partial charge in [-0.2, -0.15) is 0 Å². The number of hydrogen-bond acceptors (Lipinski definition) is 1. The molecule has 1 heteroatoms. The molecule has 0 spiro atoms. The van der Waals surface area contributed by atoms with Gasteiger partial charge in [-0.05, 0) is 12.8 Å². The third-order valence-corrected chi connectivity index (χ3v) is 2.90. The zero-order valence-corrected chi connectivity index (χ0v) is 8.23. The Labute approximate surface area is 76.7 Å². The topological polar surface area (TPSA) is 26.0 Å². The molecule has 0 aromatic carbocycles. The second-order valence-corrected chi connectivity index (χ2v) is 4.17. The van der Waals surface area contributed by atoms with Crippen LogP contribution in [0.15, 0.2) is 0 Å². The number of nitrogens with two attached hydrogens (primary N) is 1. The second kappa shape index (κ2) is 6.47. The Hall–Kier alpha value is -0.0400. The van der Waals surface area contributed by atoms with Gasteiger partial charge in [-0.25, -0.2) is 0 Å². The van der Waals surface area contributed by atoms with Crippen LogP contribution in [0.25, 0.3) is 0 Å². The van der Waals surface area contributed by atoms with E-state index in [2.05, 4.69) is 0 Å². The molecule has 12 heavy (non-hydrogen) atoms. The van der Waals surface area contributed by atoms with Crippen molar-refractivity contribution in [3.05, 3.63) is 0 Å². The quantitative estimate of drug-likeness (QED) is 0.592. The van der Waals surface area contributed by atoms with Crippen LogP contribution in [0.2, 0.25) is 0 Å². The highest BCUT2D eigenvalue weighted by Gasteiger charge is 2.06. The first-order chi connectivity index (χ1) is 5.89. The van der Waals surface area contributed by atoms with Crippen molar-refractivity contribution >= 4 is 0 Å². The largest absolute Gasteiger partial charge is 0.328 e. The van der Waals surface area contributed by atoms with Crippen molar-refractivity contribution < 1.29 is 0 Å². The summed E-state index contributed by atoms with van der Waals surface area (Å²) < 4.78 is 0. The summed E-state index contributed by atoms with van der Waals surface area (Å²) in [6.45, 7) is 0. The smallest absolute Gasteiger partial charge is 0.00388 e. The van der Waals surface area contributed by atoms with Gasteiger partial charge < -0.3 is 5.73 Å². The van der Waals surface area contributed by atoms with Crippen LogP contribution in [0.5, 0.6) is 0 Å². The minimum atomic E-state index is 0.536. The molecule has 2 aliphatic carbocycles. The second-order valence-electron chi connectivity index (χ2n) is 4.17. The zero-order valence-electron chi connectivity index (χ0n) is 8.23. The van der Waals surface area contributed by atoms with Crippen LogP contribution >= 0.6 is 0 Å². The van der Waals surface area contributed by atoms with Crippen molar-refractivity contribution in [1.82, 2.24) is 0 Å². The lowest BCUT2D eigenvalue weighted by Crippen LogP contribution is -2.22. The first-order valence-corrected chi connectivity index (χ1v) is 5.65. The molecule has 0 atom stereocenters. The zero-order chi connectivity index (χ0) is 8.65. The Morgan fingerprint density at radius 2 is 0.917 bits per heavy atom. The van der Waals surface area contributed by atoms with E-state index in [1.54, 1.807) is 0 Å². The fourth-order valence-corrected chi connectivity index (χ4v) is 2.02. The van der Waals surface area contributed by atoms with Gasteiger partial charge in [0.1, 0.15) is 0 Å². The monoisotopic (exact) mass is 169 g/mol. The molecule has 2 saturated carbocycles. The van der Waals surface area contributed by atoms with Crippen molar-refractivity contribution in [2.45, 2.75) is 70.3 Å². The van der Waals surface area contributed by atoms with Crippen LogP contribution in [-0.2, 0) is 0 Å².